The summed E-state index contributed by atoms with van der Waals surface area (Å²) >= 11 is 5.91. The quantitative estimate of drug-likeness (QED) is 0.817. The molecule has 102 valence electrons. The summed E-state index contributed by atoms with van der Waals surface area (Å²) in [5, 5.41) is 4.84. The van der Waals surface area contributed by atoms with E-state index in [2.05, 4.69) is 5.10 Å². The van der Waals surface area contributed by atoms with Crippen molar-refractivity contribution < 1.29 is 8.42 Å². The van der Waals surface area contributed by atoms with E-state index >= 15 is 0 Å². The first-order valence-corrected chi connectivity index (χ1v) is 8.21. The van der Waals surface area contributed by atoms with Crippen molar-refractivity contribution in [3.8, 4) is 0 Å². The van der Waals surface area contributed by atoms with Crippen molar-refractivity contribution >= 4 is 31.3 Å². The van der Waals surface area contributed by atoms with Gasteiger partial charge in [0.2, 0.25) is 0 Å². The van der Waals surface area contributed by atoms with Crippen LogP contribution in [0.4, 0.5) is 0 Å². The van der Waals surface area contributed by atoms with Gasteiger partial charge in [0, 0.05) is 15.7 Å². The summed E-state index contributed by atoms with van der Waals surface area (Å²) in [6.07, 6.45) is 0. The second-order valence-corrected chi connectivity index (χ2v) is 7.16. The highest BCUT2D eigenvalue weighted by Crippen LogP contribution is 2.24. The Labute approximate surface area is 121 Å². The van der Waals surface area contributed by atoms with E-state index in [1.807, 2.05) is 18.2 Å². The minimum atomic E-state index is -3.78. The molecule has 0 bridgehead atoms. The van der Waals surface area contributed by atoms with Gasteiger partial charge < -0.3 is 0 Å². The Morgan fingerprint density at radius 2 is 2.00 bits per heavy atom. The number of aromatic nitrogens is 2. The highest BCUT2D eigenvalue weighted by Gasteiger charge is 2.22. The average molecular weight is 319 g/mol. The van der Waals surface area contributed by atoms with Gasteiger partial charge in [0.05, 0.1) is 17.9 Å². The molecule has 0 fully saturated rings. The number of nitrogens with zero attached hydrogens (tertiary/aromatic N) is 2. The van der Waals surface area contributed by atoms with Crippen LogP contribution in [0, 0.1) is 13.8 Å². The summed E-state index contributed by atoms with van der Waals surface area (Å²) in [5.74, 6) is 0. The third-order valence-corrected chi connectivity index (χ3v) is 4.56. The fraction of sp³-hybridized carbons (Fsp3) is 0.250. The Balaban J connectivity index is 2.43. The molecule has 0 amide bonds. The van der Waals surface area contributed by atoms with E-state index in [0.29, 0.717) is 23.0 Å². The topological polar surface area (TPSA) is 52.0 Å². The van der Waals surface area contributed by atoms with Gasteiger partial charge in [0.25, 0.3) is 9.05 Å². The van der Waals surface area contributed by atoms with E-state index in [-0.39, 0.29) is 4.90 Å². The molecule has 0 aliphatic rings. The normalized spacial score (nSPS) is 11.8. The van der Waals surface area contributed by atoms with Crippen LogP contribution in [-0.2, 0) is 15.6 Å². The van der Waals surface area contributed by atoms with Gasteiger partial charge in [-0.2, -0.15) is 5.10 Å². The standard InChI is InChI=1S/C12H12Cl2N2O2S/c1-8-12(19(14,17)18)9(2)16(15-8)7-10-4-3-5-11(13)6-10/h3-6H,7H2,1-2H3. The fourth-order valence-corrected chi connectivity index (χ4v) is 3.73. The molecule has 0 atom stereocenters. The molecule has 0 saturated heterocycles. The maximum absolute atomic E-state index is 11.5. The molecule has 2 aromatic rings. The zero-order valence-electron chi connectivity index (χ0n) is 10.4. The molecule has 0 saturated carbocycles. The largest absolute Gasteiger partial charge is 0.264 e. The van der Waals surface area contributed by atoms with E-state index in [1.54, 1.807) is 24.6 Å². The van der Waals surface area contributed by atoms with E-state index in [9.17, 15) is 8.42 Å². The van der Waals surface area contributed by atoms with Crippen molar-refractivity contribution in [2.45, 2.75) is 25.3 Å². The smallest absolute Gasteiger partial charge is 0.264 e. The van der Waals surface area contributed by atoms with Gasteiger partial charge >= 0.3 is 0 Å². The molecule has 1 aromatic carbocycles. The van der Waals surface area contributed by atoms with Gasteiger partial charge in [-0.1, -0.05) is 23.7 Å². The van der Waals surface area contributed by atoms with Crippen LogP contribution in [0.2, 0.25) is 5.02 Å². The lowest BCUT2D eigenvalue weighted by atomic mass is 10.2. The summed E-state index contributed by atoms with van der Waals surface area (Å²) in [6.45, 7) is 3.75. The Hall–Kier alpha value is -1.04. The second kappa shape index (κ2) is 5.15. The van der Waals surface area contributed by atoms with Crippen molar-refractivity contribution in [1.29, 1.82) is 0 Å². The molecule has 1 aromatic heterocycles. The predicted octanol–water partition coefficient (Wildman–Crippen LogP) is 3.13. The molecule has 0 aliphatic carbocycles. The van der Waals surface area contributed by atoms with Crippen LogP contribution in [0.1, 0.15) is 17.0 Å². The van der Waals surface area contributed by atoms with E-state index in [4.69, 9.17) is 22.3 Å². The second-order valence-electron chi connectivity index (χ2n) is 4.23. The van der Waals surface area contributed by atoms with E-state index < -0.39 is 9.05 Å². The monoisotopic (exact) mass is 318 g/mol. The van der Waals surface area contributed by atoms with Gasteiger partial charge in [-0.05, 0) is 31.5 Å². The van der Waals surface area contributed by atoms with Gasteiger partial charge in [-0.15, -0.1) is 0 Å². The SMILES string of the molecule is Cc1nn(Cc2cccc(Cl)c2)c(C)c1S(=O)(=O)Cl. The van der Waals surface area contributed by atoms with Crippen molar-refractivity contribution in [2.75, 3.05) is 0 Å². The van der Waals surface area contributed by atoms with Gasteiger partial charge in [0.1, 0.15) is 4.90 Å². The number of hydrogen-bond acceptors (Lipinski definition) is 3. The Morgan fingerprint density at radius 3 is 2.53 bits per heavy atom. The van der Waals surface area contributed by atoms with E-state index in [1.165, 1.54) is 0 Å². The number of halogens is 2. The van der Waals surface area contributed by atoms with E-state index in [0.717, 1.165) is 5.56 Å². The molecular formula is C12H12Cl2N2O2S. The Bertz CT molecular complexity index is 723. The first-order chi connectivity index (χ1) is 8.79. The summed E-state index contributed by atoms with van der Waals surface area (Å²) in [6, 6.07) is 7.33. The van der Waals surface area contributed by atoms with Crippen LogP contribution >= 0.6 is 22.3 Å². The van der Waals surface area contributed by atoms with Crippen LogP contribution < -0.4 is 0 Å². The molecule has 2 rings (SSSR count). The zero-order valence-corrected chi connectivity index (χ0v) is 12.7. The molecule has 4 nitrogen and oxygen atoms in total. The summed E-state index contributed by atoms with van der Waals surface area (Å²) < 4.78 is 24.6. The van der Waals surface area contributed by atoms with Crippen molar-refractivity contribution in [1.82, 2.24) is 9.78 Å². The van der Waals surface area contributed by atoms with Crippen LogP contribution in [0.15, 0.2) is 29.2 Å². The lowest BCUT2D eigenvalue weighted by Gasteiger charge is -2.05. The van der Waals surface area contributed by atoms with Crippen molar-refractivity contribution in [3.05, 3.63) is 46.2 Å². The molecule has 0 aliphatic heterocycles. The third kappa shape index (κ3) is 3.11. The zero-order chi connectivity index (χ0) is 14.2. The molecule has 1 heterocycles. The number of hydrogen-bond donors (Lipinski definition) is 0. The Morgan fingerprint density at radius 1 is 1.32 bits per heavy atom. The molecule has 19 heavy (non-hydrogen) atoms. The molecule has 0 spiro atoms. The van der Waals surface area contributed by atoms with Gasteiger partial charge in [-0.25, -0.2) is 8.42 Å². The Kier molecular flexibility index (Phi) is 3.90. The summed E-state index contributed by atoms with van der Waals surface area (Å²) in [4.78, 5) is 0.0798. The molecular weight excluding hydrogens is 307 g/mol. The van der Waals surface area contributed by atoms with Gasteiger partial charge in [-0.3, -0.25) is 4.68 Å². The molecule has 7 heteroatoms. The molecule has 0 N–H and O–H groups in total. The lowest BCUT2D eigenvalue weighted by molar-refractivity contribution is 0.607. The summed E-state index contributed by atoms with van der Waals surface area (Å²) in [5.41, 5.74) is 1.86. The maximum Gasteiger partial charge on any atom is 0.264 e. The van der Waals surface area contributed by atoms with Crippen molar-refractivity contribution in [2.24, 2.45) is 0 Å². The minimum absolute atomic E-state index is 0.0798. The first kappa shape index (κ1) is 14.4. The third-order valence-electron chi connectivity index (χ3n) is 2.78. The number of benzene rings is 1. The van der Waals surface area contributed by atoms with Crippen LogP contribution in [0.3, 0.4) is 0 Å². The first-order valence-electron chi connectivity index (χ1n) is 5.52. The minimum Gasteiger partial charge on any atom is -0.264 e. The molecule has 0 unspecified atom stereocenters. The highest BCUT2D eigenvalue weighted by atomic mass is 35.7. The highest BCUT2D eigenvalue weighted by molar-refractivity contribution is 8.13. The average Bonchev–Trinajstić information content (AvgIpc) is 2.53. The summed E-state index contributed by atoms with van der Waals surface area (Å²) in [7, 11) is 1.63. The maximum atomic E-state index is 11.5. The van der Waals surface area contributed by atoms with Crippen molar-refractivity contribution in [3.63, 3.8) is 0 Å². The number of aryl methyl sites for hydroxylation is 1. The predicted molar refractivity (Wildman–Crippen MR) is 75.3 cm³/mol. The number of rotatable bonds is 3. The van der Waals surface area contributed by atoms with Crippen LogP contribution in [0.25, 0.3) is 0 Å². The van der Waals surface area contributed by atoms with Gasteiger partial charge in [0.15, 0.2) is 0 Å². The lowest BCUT2D eigenvalue weighted by Crippen LogP contribution is -2.04. The van der Waals surface area contributed by atoms with Crippen LogP contribution in [-0.4, -0.2) is 18.2 Å². The van der Waals surface area contributed by atoms with Crippen LogP contribution in [0.5, 0.6) is 0 Å². The fourth-order valence-electron chi connectivity index (χ4n) is 2.00. The molecule has 0 radical (unpaired) electrons.